The lowest BCUT2D eigenvalue weighted by atomic mass is 10.1. The normalized spacial score (nSPS) is 11.1. The molecule has 0 saturated carbocycles. The molecule has 7 nitrogen and oxygen atoms in total. The third kappa shape index (κ3) is 3.52. The van der Waals surface area contributed by atoms with Crippen LogP contribution >= 0.6 is 0 Å². The standard InChI is InChI=1S/C21H21N5O2/c1-27-13-15-10-19(25-21(22)24-15)18-12-26(20-17(18)4-3-9-23-20)11-14-5-7-16(28-2)8-6-14/h3-10,12H,11,13H2,1-2H3,(H2,22,24,25). The van der Waals surface area contributed by atoms with E-state index in [0.29, 0.717) is 13.2 Å². The lowest BCUT2D eigenvalue weighted by Crippen LogP contribution is -2.02. The van der Waals surface area contributed by atoms with Crippen molar-refractivity contribution in [3.8, 4) is 17.0 Å². The molecule has 7 heteroatoms. The van der Waals surface area contributed by atoms with Gasteiger partial charge in [-0.15, -0.1) is 0 Å². The number of nitrogens with two attached hydrogens (primary N) is 1. The molecule has 0 fully saturated rings. The Morgan fingerprint density at radius 3 is 2.64 bits per heavy atom. The van der Waals surface area contributed by atoms with Crippen LogP contribution in [0.3, 0.4) is 0 Å². The van der Waals surface area contributed by atoms with E-state index >= 15 is 0 Å². The van der Waals surface area contributed by atoms with Crippen LogP contribution in [-0.2, 0) is 17.9 Å². The predicted octanol–water partition coefficient (Wildman–Crippen LogP) is 3.28. The van der Waals surface area contributed by atoms with E-state index in [1.54, 1.807) is 20.4 Å². The molecule has 3 heterocycles. The van der Waals surface area contributed by atoms with Crippen molar-refractivity contribution in [1.82, 2.24) is 19.5 Å². The maximum Gasteiger partial charge on any atom is 0.220 e. The first-order valence-electron chi connectivity index (χ1n) is 8.87. The summed E-state index contributed by atoms with van der Waals surface area (Å²) in [5, 5.41) is 1.01. The zero-order valence-electron chi connectivity index (χ0n) is 15.8. The largest absolute Gasteiger partial charge is 0.497 e. The molecular formula is C21H21N5O2. The molecule has 0 atom stereocenters. The van der Waals surface area contributed by atoms with Crippen LogP contribution in [0, 0.1) is 0 Å². The summed E-state index contributed by atoms with van der Waals surface area (Å²) in [6.07, 6.45) is 3.85. The Kier molecular flexibility index (Phi) is 4.90. The summed E-state index contributed by atoms with van der Waals surface area (Å²) in [5.41, 5.74) is 10.4. The van der Waals surface area contributed by atoms with Gasteiger partial charge < -0.3 is 19.8 Å². The SMILES string of the molecule is COCc1cc(-c2cn(Cc3ccc(OC)cc3)c3ncccc23)nc(N)n1. The second-order valence-electron chi connectivity index (χ2n) is 6.43. The lowest BCUT2D eigenvalue weighted by molar-refractivity contribution is 0.181. The van der Waals surface area contributed by atoms with Crippen LogP contribution in [0.5, 0.6) is 5.75 Å². The molecule has 4 rings (SSSR count). The molecule has 142 valence electrons. The fraction of sp³-hybridized carbons (Fsp3) is 0.190. The van der Waals surface area contributed by atoms with Gasteiger partial charge >= 0.3 is 0 Å². The first-order valence-corrected chi connectivity index (χ1v) is 8.87. The number of anilines is 1. The molecule has 0 unspecified atom stereocenters. The molecule has 0 aliphatic rings. The molecule has 0 bridgehead atoms. The number of fused-ring (bicyclic) bond motifs is 1. The van der Waals surface area contributed by atoms with Gasteiger partial charge in [0.25, 0.3) is 0 Å². The van der Waals surface area contributed by atoms with Crippen LogP contribution in [-0.4, -0.2) is 33.7 Å². The monoisotopic (exact) mass is 375 g/mol. The number of hydrogen-bond donors (Lipinski definition) is 1. The van der Waals surface area contributed by atoms with E-state index in [9.17, 15) is 0 Å². The fourth-order valence-corrected chi connectivity index (χ4v) is 3.25. The Labute approximate surface area is 162 Å². The summed E-state index contributed by atoms with van der Waals surface area (Å²) in [6.45, 7) is 1.06. The van der Waals surface area contributed by atoms with Gasteiger partial charge in [0.05, 0.1) is 25.1 Å². The second-order valence-corrected chi connectivity index (χ2v) is 6.43. The molecule has 1 aromatic carbocycles. The Bertz CT molecular complexity index is 1110. The van der Waals surface area contributed by atoms with Gasteiger partial charge in [-0.2, -0.15) is 0 Å². The smallest absolute Gasteiger partial charge is 0.220 e. The van der Waals surface area contributed by atoms with E-state index in [2.05, 4.69) is 25.7 Å². The van der Waals surface area contributed by atoms with Crippen molar-refractivity contribution >= 4 is 17.0 Å². The first kappa shape index (κ1) is 17.9. The van der Waals surface area contributed by atoms with Crippen molar-refractivity contribution in [1.29, 1.82) is 0 Å². The fourth-order valence-electron chi connectivity index (χ4n) is 3.25. The molecule has 0 saturated heterocycles. The highest BCUT2D eigenvalue weighted by atomic mass is 16.5. The summed E-state index contributed by atoms with van der Waals surface area (Å²) >= 11 is 0. The van der Waals surface area contributed by atoms with Crippen LogP contribution in [0.2, 0.25) is 0 Å². The molecule has 28 heavy (non-hydrogen) atoms. The highest BCUT2D eigenvalue weighted by Gasteiger charge is 2.14. The quantitative estimate of drug-likeness (QED) is 0.556. The van der Waals surface area contributed by atoms with Gasteiger partial charge in [-0.3, -0.25) is 0 Å². The Morgan fingerprint density at radius 2 is 1.89 bits per heavy atom. The highest BCUT2D eigenvalue weighted by Crippen LogP contribution is 2.30. The molecule has 0 aliphatic heterocycles. The average molecular weight is 375 g/mol. The zero-order chi connectivity index (χ0) is 19.5. The van der Waals surface area contributed by atoms with Crippen LogP contribution in [0.25, 0.3) is 22.3 Å². The van der Waals surface area contributed by atoms with E-state index in [4.69, 9.17) is 15.2 Å². The number of ether oxygens (including phenoxy) is 2. The topological polar surface area (TPSA) is 88.1 Å². The van der Waals surface area contributed by atoms with Gasteiger partial charge in [-0.25, -0.2) is 15.0 Å². The predicted molar refractivity (Wildman–Crippen MR) is 108 cm³/mol. The first-order chi connectivity index (χ1) is 13.7. The summed E-state index contributed by atoms with van der Waals surface area (Å²) in [5.74, 6) is 1.06. The molecular weight excluding hydrogens is 354 g/mol. The minimum absolute atomic E-state index is 0.226. The Morgan fingerprint density at radius 1 is 1.07 bits per heavy atom. The maximum atomic E-state index is 5.92. The molecule has 0 aliphatic carbocycles. The number of pyridine rings is 1. The van der Waals surface area contributed by atoms with E-state index in [1.165, 1.54) is 0 Å². The molecule has 2 N–H and O–H groups in total. The minimum atomic E-state index is 0.226. The van der Waals surface area contributed by atoms with Crippen LogP contribution < -0.4 is 10.5 Å². The van der Waals surface area contributed by atoms with Crippen LogP contribution in [0.15, 0.2) is 54.9 Å². The van der Waals surface area contributed by atoms with Crippen molar-refractivity contribution in [2.75, 3.05) is 20.0 Å². The molecule has 0 spiro atoms. The lowest BCUT2D eigenvalue weighted by Gasteiger charge is -2.06. The van der Waals surface area contributed by atoms with Crippen molar-refractivity contribution < 1.29 is 9.47 Å². The summed E-state index contributed by atoms with van der Waals surface area (Å²) in [4.78, 5) is 13.2. The van der Waals surface area contributed by atoms with Crippen LogP contribution in [0.4, 0.5) is 5.95 Å². The number of nitrogen functional groups attached to an aromatic ring is 1. The third-order valence-electron chi connectivity index (χ3n) is 4.51. The van der Waals surface area contributed by atoms with E-state index in [0.717, 1.165) is 39.3 Å². The average Bonchev–Trinajstić information content (AvgIpc) is 3.07. The van der Waals surface area contributed by atoms with Crippen molar-refractivity contribution in [3.63, 3.8) is 0 Å². The van der Waals surface area contributed by atoms with Crippen molar-refractivity contribution in [3.05, 3.63) is 66.1 Å². The Hall–Kier alpha value is -3.45. The molecule has 0 amide bonds. The molecule has 0 radical (unpaired) electrons. The number of nitrogens with zero attached hydrogens (tertiary/aromatic N) is 4. The van der Waals surface area contributed by atoms with Crippen molar-refractivity contribution in [2.45, 2.75) is 13.2 Å². The highest BCUT2D eigenvalue weighted by molar-refractivity contribution is 5.93. The van der Waals surface area contributed by atoms with Gasteiger partial charge in [0.15, 0.2) is 0 Å². The maximum absolute atomic E-state index is 5.92. The third-order valence-corrected chi connectivity index (χ3v) is 4.51. The second kappa shape index (κ2) is 7.66. The van der Waals surface area contributed by atoms with Gasteiger partial charge in [-0.05, 0) is 35.9 Å². The van der Waals surface area contributed by atoms with Gasteiger partial charge in [0.1, 0.15) is 11.4 Å². The van der Waals surface area contributed by atoms with Gasteiger partial charge in [-0.1, -0.05) is 12.1 Å². The van der Waals surface area contributed by atoms with E-state index in [1.807, 2.05) is 42.5 Å². The van der Waals surface area contributed by atoms with Gasteiger partial charge in [0.2, 0.25) is 5.95 Å². The number of hydrogen-bond acceptors (Lipinski definition) is 6. The van der Waals surface area contributed by atoms with Gasteiger partial charge in [0, 0.05) is 37.0 Å². The summed E-state index contributed by atoms with van der Waals surface area (Å²) in [7, 11) is 3.29. The number of aromatic nitrogens is 4. The molecule has 4 aromatic rings. The van der Waals surface area contributed by atoms with E-state index in [-0.39, 0.29) is 5.95 Å². The number of methoxy groups -OCH3 is 2. The summed E-state index contributed by atoms with van der Waals surface area (Å²) in [6, 6.07) is 13.9. The summed E-state index contributed by atoms with van der Waals surface area (Å²) < 4.78 is 12.5. The van der Waals surface area contributed by atoms with Crippen LogP contribution in [0.1, 0.15) is 11.3 Å². The Balaban J connectivity index is 1.78. The number of benzene rings is 1. The molecule has 3 aromatic heterocycles. The number of rotatable bonds is 6. The minimum Gasteiger partial charge on any atom is -0.497 e. The van der Waals surface area contributed by atoms with E-state index < -0.39 is 0 Å². The van der Waals surface area contributed by atoms with Crippen molar-refractivity contribution in [2.24, 2.45) is 0 Å². The zero-order valence-corrected chi connectivity index (χ0v) is 15.8.